The third kappa shape index (κ3) is 6.07. The molecule has 5 nitrogen and oxygen atoms in total. The van der Waals surface area contributed by atoms with Crippen LogP contribution in [0.25, 0.3) is 22.3 Å². The topological polar surface area (TPSA) is 55.8 Å². The van der Waals surface area contributed by atoms with E-state index in [1.807, 2.05) is 6.07 Å². The summed E-state index contributed by atoms with van der Waals surface area (Å²) >= 11 is 0. The summed E-state index contributed by atoms with van der Waals surface area (Å²) in [5.74, 6) is 0.320. The van der Waals surface area contributed by atoms with Gasteiger partial charge in [0.2, 0.25) is 0 Å². The molecule has 5 heteroatoms. The molecule has 0 saturated carbocycles. The Morgan fingerprint density at radius 1 is 0.627 bits per heavy atom. The second-order valence-corrected chi connectivity index (χ2v) is 14.4. The lowest BCUT2D eigenvalue weighted by molar-refractivity contribution is -0.137. The minimum atomic E-state index is -0.412. The van der Waals surface area contributed by atoms with Crippen molar-refractivity contribution < 1.29 is 19.1 Å². The van der Waals surface area contributed by atoms with E-state index in [2.05, 4.69) is 143 Å². The van der Waals surface area contributed by atoms with Crippen LogP contribution in [-0.4, -0.2) is 25.0 Å². The predicted molar refractivity (Wildman–Crippen MR) is 206 cm³/mol. The quantitative estimate of drug-likeness (QED) is 0.0975. The summed E-state index contributed by atoms with van der Waals surface area (Å²) in [7, 11) is 0. The molecule has 0 N–H and O–H groups in total. The molecule has 0 radical (unpaired) electrons. The number of carbonyl (C=O) groups is 2. The number of hydrogen-bond donors (Lipinski definition) is 0. The molecule has 51 heavy (non-hydrogen) atoms. The van der Waals surface area contributed by atoms with Gasteiger partial charge in [-0.3, -0.25) is 4.79 Å². The molecule has 7 rings (SSSR count). The Kier molecular flexibility index (Phi) is 8.76. The molecule has 0 aliphatic heterocycles. The highest BCUT2D eigenvalue weighted by atomic mass is 16.5. The number of carbonyl (C=O) groups excluding carboxylic acids is 2. The van der Waals surface area contributed by atoms with Crippen LogP contribution < -0.4 is 9.64 Å². The summed E-state index contributed by atoms with van der Waals surface area (Å²) in [6, 6.07) is 37.1. The van der Waals surface area contributed by atoms with Gasteiger partial charge in [-0.15, -0.1) is 0 Å². The number of fused-ring (bicyclic) bond motifs is 6. The minimum absolute atomic E-state index is 0.0267. The van der Waals surface area contributed by atoms with Crippen molar-refractivity contribution in [2.45, 2.75) is 51.4 Å². The van der Waals surface area contributed by atoms with E-state index in [1.165, 1.54) is 56.7 Å². The van der Waals surface area contributed by atoms with E-state index in [-0.39, 0.29) is 16.6 Å². The summed E-state index contributed by atoms with van der Waals surface area (Å²) in [4.78, 5) is 25.7. The van der Waals surface area contributed by atoms with Gasteiger partial charge >= 0.3 is 5.97 Å². The number of hydrogen-bond acceptors (Lipinski definition) is 5. The second-order valence-electron chi connectivity index (χ2n) is 14.4. The fourth-order valence-corrected chi connectivity index (χ4v) is 7.72. The first-order chi connectivity index (χ1) is 24.5. The van der Waals surface area contributed by atoms with Gasteiger partial charge in [0.05, 0.1) is 13.2 Å². The van der Waals surface area contributed by atoms with Crippen LogP contribution in [-0.2, 0) is 31.6 Å². The Bertz CT molecular complexity index is 2190. The monoisotopic (exact) mass is 673 g/mol. The maximum Gasteiger partial charge on any atom is 0.330 e. The van der Waals surface area contributed by atoms with E-state index in [1.54, 1.807) is 0 Å². The highest BCUT2D eigenvalue weighted by molar-refractivity contribution is 5.90. The highest BCUT2D eigenvalue weighted by Crippen LogP contribution is 2.53. The van der Waals surface area contributed by atoms with Crippen LogP contribution in [0.5, 0.6) is 5.75 Å². The third-order valence-corrected chi connectivity index (χ3v) is 10.6. The Balaban J connectivity index is 1.27. The van der Waals surface area contributed by atoms with Gasteiger partial charge in [0.25, 0.3) is 0 Å². The number of anilines is 3. The molecule has 0 unspecified atom stereocenters. The molecule has 0 spiro atoms. The average Bonchev–Trinajstić information content (AvgIpc) is 3.51. The Labute approximate surface area is 300 Å². The summed E-state index contributed by atoms with van der Waals surface area (Å²) in [6.45, 7) is 16.8. The highest BCUT2D eigenvalue weighted by Gasteiger charge is 2.38. The number of rotatable bonds is 12. The van der Waals surface area contributed by atoms with E-state index in [0.717, 1.165) is 28.4 Å². The van der Waals surface area contributed by atoms with Crippen LogP contribution in [0.1, 0.15) is 61.9 Å². The molecule has 5 aromatic carbocycles. The SMILES string of the molecule is C=CC(=O)CCOc1ccc2c(c1)C(C)(C)c1cc(N(c3ccc(CCOC(=O)C=C)cc3)c3ccc4c(c3)C(C)(C)c3ccccc3-4)ccc1-2. The van der Waals surface area contributed by atoms with E-state index in [0.29, 0.717) is 26.1 Å². The molecule has 0 fully saturated rings. The van der Waals surface area contributed by atoms with Crippen LogP contribution in [0.2, 0.25) is 0 Å². The number of benzene rings is 5. The van der Waals surface area contributed by atoms with Gasteiger partial charge in [0, 0.05) is 46.8 Å². The zero-order chi connectivity index (χ0) is 35.9. The Hall–Kier alpha value is -5.68. The van der Waals surface area contributed by atoms with Gasteiger partial charge in [0.1, 0.15) is 5.75 Å². The minimum Gasteiger partial charge on any atom is -0.493 e. The molecular weight excluding hydrogens is 631 g/mol. The van der Waals surface area contributed by atoms with E-state index >= 15 is 0 Å². The fourth-order valence-electron chi connectivity index (χ4n) is 7.72. The van der Waals surface area contributed by atoms with Crippen molar-refractivity contribution in [3.05, 3.63) is 156 Å². The van der Waals surface area contributed by atoms with E-state index in [9.17, 15) is 9.59 Å². The molecular formula is C46H43NO4. The van der Waals surface area contributed by atoms with Crippen molar-refractivity contribution in [1.82, 2.24) is 0 Å². The zero-order valence-corrected chi connectivity index (χ0v) is 29.8. The Morgan fingerprint density at radius 3 is 1.80 bits per heavy atom. The molecule has 5 aromatic rings. The van der Waals surface area contributed by atoms with Crippen molar-refractivity contribution in [2.75, 3.05) is 18.1 Å². The van der Waals surface area contributed by atoms with E-state index in [4.69, 9.17) is 9.47 Å². The number of ketones is 1. The van der Waals surface area contributed by atoms with Crippen LogP contribution in [0, 0.1) is 0 Å². The summed E-state index contributed by atoms with van der Waals surface area (Å²) < 4.78 is 11.2. The molecule has 0 amide bonds. The smallest absolute Gasteiger partial charge is 0.330 e. The van der Waals surface area contributed by atoms with Crippen LogP contribution >= 0.6 is 0 Å². The van der Waals surface area contributed by atoms with Gasteiger partial charge in [0.15, 0.2) is 5.78 Å². The van der Waals surface area contributed by atoms with Gasteiger partial charge in [-0.1, -0.05) is 95.5 Å². The standard InChI is InChI=1S/C46H43NO4/c1-7-34(48)24-26-50-35-19-22-39-38-21-18-33(28-42(38)46(5,6)43(39)29-35)47(31-15-13-30(14-16-31)23-25-51-44(49)8-2)32-17-20-37-36-11-9-10-12-40(36)45(3,4)41(37)27-32/h7-22,27-29H,1-2,23-26H2,3-6H3. The molecule has 0 bridgehead atoms. The molecule has 256 valence electrons. The lowest BCUT2D eigenvalue weighted by atomic mass is 9.82. The predicted octanol–water partition coefficient (Wildman–Crippen LogP) is 10.6. The summed E-state index contributed by atoms with van der Waals surface area (Å²) in [6.07, 6.45) is 3.45. The van der Waals surface area contributed by atoms with Gasteiger partial charge < -0.3 is 14.4 Å². The van der Waals surface area contributed by atoms with E-state index < -0.39 is 5.97 Å². The van der Waals surface area contributed by atoms with Crippen molar-refractivity contribution in [3.63, 3.8) is 0 Å². The normalized spacial score (nSPS) is 14.0. The van der Waals surface area contributed by atoms with Crippen LogP contribution in [0.15, 0.2) is 128 Å². The lowest BCUT2D eigenvalue weighted by Gasteiger charge is -2.30. The molecule has 0 atom stereocenters. The van der Waals surface area contributed by atoms with Gasteiger partial charge in [-0.25, -0.2) is 4.79 Å². The van der Waals surface area contributed by atoms with Gasteiger partial charge in [-0.2, -0.15) is 0 Å². The largest absolute Gasteiger partial charge is 0.493 e. The molecule has 2 aliphatic rings. The zero-order valence-electron chi connectivity index (χ0n) is 29.8. The second kappa shape index (κ2) is 13.2. The molecule has 0 aromatic heterocycles. The van der Waals surface area contributed by atoms with Crippen molar-refractivity contribution in [1.29, 1.82) is 0 Å². The molecule has 2 aliphatic carbocycles. The number of esters is 1. The first-order valence-electron chi connectivity index (χ1n) is 17.5. The van der Waals surface area contributed by atoms with Crippen molar-refractivity contribution >= 4 is 28.8 Å². The first kappa shape index (κ1) is 33.8. The van der Waals surface area contributed by atoms with Crippen molar-refractivity contribution in [2.24, 2.45) is 0 Å². The maximum absolute atomic E-state index is 11.7. The number of nitrogens with zero attached hydrogens (tertiary/aromatic N) is 1. The van der Waals surface area contributed by atoms with Crippen molar-refractivity contribution in [3.8, 4) is 28.0 Å². The Morgan fingerprint density at radius 2 is 1.18 bits per heavy atom. The first-order valence-corrected chi connectivity index (χ1v) is 17.5. The average molecular weight is 674 g/mol. The number of allylic oxidation sites excluding steroid dienone is 1. The maximum atomic E-state index is 11.7. The van der Waals surface area contributed by atoms with Crippen LogP contribution in [0.3, 0.4) is 0 Å². The summed E-state index contributed by atoms with van der Waals surface area (Å²) in [5.41, 5.74) is 13.9. The van der Waals surface area contributed by atoms with Gasteiger partial charge in [-0.05, 0) is 105 Å². The number of ether oxygens (including phenoxy) is 2. The molecule has 0 saturated heterocycles. The molecule has 0 heterocycles. The van der Waals surface area contributed by atoms with Crippen LogP contribution in [0.4, 0.5) is 17.1 Å². The summed E-state index contributed by atoms with van der Waals surface area (Å²) in [5, 5.41) is 0. The lowest BCUT2D eigenvalue weighted by Crippen LogP contribution is -2.18. The third-order valence-electron chi connectivity index (χ3n) is 10.6. The fraction of sp³-hybridized carbons (Fsp3) is 0.217.